The molecule has 1 fully saturated rings. The van der Waals surface area contributed by atoms with Gasteiger partial charge in [-0.1, -0.05) is 6.07 Å². The molecule has 5 heteroatoms. The summed E-state index contributed by atoms with van der Waals surface area (Å²) in [6.45, 7) is 5.99. The molecule has 0 spiro atoms. The van der Waals surface area contributed by atoms with Crippen LogP contribution in [0.4, 0.5) is 5.69 Å². The van der Waals surface area contributed by atoms with Crippen LogP contribution in [0.25, 0.3) is 0 Å². The Bertz CT molecular complexity index is 796. The van der Waals surface area contributed by atoms with Crippen LogP contribution in [-0.2, 0) is 0 Å². The molecule has 3 rings (SSSR count). The molecule has 0 unspecified atom stereocenters. The summed E-state index contributed by atoms with van der Waals surface area (Å²) < 4.78 is 5.76. The van der Waals surface area contributed by atoms with Crippen LogP contribution in [0.3, 0.4) is 0 Å². The van der Waals surface area contributed by atoms with Gasteiger partial charge in [-0.05, 0) is 92.9 Å². The molecule has 0 atom stereocenters. The normalized spacial score (nSPS) is 14.0. The molecule has 2 aromatic rings. The number of benzene rings is 2. The topological polar surface area (TPSA) is 41.6 Å². The molecule has 26 heavy (non-hydrogen) atoms. The fourth-order valence-corrected chi connectivity index (χ4v) is 3.22. The summed E-state index contributed by atoms with van der Waals surface area (Å²) in [6.07, 6.45) is 3.56. The van der Waals surface area contributed by atoms with Gasteiger partial charge in [-0.25, -0.2) is 0 Å². The minimum Gasteiger partial charge on any atom is -0.432 e. The van der Waals surface area contributed by atoms with Crippen molar-refractivity contribution in [1.82, 2.24) is 4.90 Å². The fourth-order valence-electron chi connectivity index (χ4n) is 2.94. The van der Waals surface area contributed by atoms with E-state index in [9.17, 15) is 4.79 Å². The third-order valence-electron chi connectivity index (χ3n) is 4.70. The van der Waals surface area contributed by atoms with Gasteiger partial charge in [0.25, 0.3) is 11.1 Å². The summed E-state index contributed by atoms with van der Waals surface area (Å²) in [4.78, 5) is 14.5. The summed E-state index contributed by atoms with van der Waals surface area (Å²) in [5.74, 6) is 0.515. The smallest absolute Gasteiger partial charge is 0.264 e. The minimum absolute atomic E-state index is 0.140. The number of piperidine rings is 1. The molecule has 0 saturated carbocycles. The van der Waals surface area contributed by atoms with Gasteiger partial charge in [0.2, 0.25) is 0 Å². The average molecular weight is 369 g/mol. The second kappa shape index (κ2) is 8.32. The summed E-state index contributed by atoms with van der Waals surface area (Å²) in [5.41, 5.74) is 3.73. The number of nitrogens with one attached hydrogen (secondary N) is 1. The van der Waals surface area contributed by atoms with Gasteiger partial charge in [0.05, 0.1) is 0 Å². The van der Waals surface area contributed by atoms with Gasteiger partial charge in [-0.2, -0.15) is 0 Å². The number of nitrogens with zero attached hydrogens (tertiary/aromatic N) is 1. The van der Waals surface area contributed by atoms with E-state index in [2.05, 4.69) is 10.2 Å². The predicted molar refractivity (Wildman–Crippen MR) is 109 cm³/mol. The second-order valence-electron chi connectivity index (χ2n) is 6.69. The number of carbonyl (C=O) groups is 1. The molecular formula is C21H24N2O2S. The Balaban J connectivity index is 1.60. The maximum atomic E-state index is 12.4. The molecule has 1 aliphatic rings. The molecule has 4 nitrogen and oxygen atoms in total. The van der Waals surface area contributed by atoms with Crippen molar-refractivity contribution in [2.75, 3.05) is 18.4 Å². The lowest BCUT2D eigenvalue weighted by Crippen LogP contribution is -2.37. The highest BCUT2D eigenvalue weighted by Crippen LogP contribution is 2.18. The van der Waals surface area contributed by atoms with Gasteiger partial charge in [-0.15, -0.1) is 0 Å². The van der Waals surface area contributed by atoms with Crippen LogP contribution in [0.1, 0.15) is 40.7 Å². The number of hydrogen-bond acceptors (Lipinski definition) is 3. The molecule has 136 valence electrons. The monoisotopic (exact) mass is 368 g/mol. The van der Waals surface area contributed by atoms with Gasteiger partial charge < -0.3 is 15.0 Å². The van der Waals surface area contributed by atoms with E-state index in [1.54, 1.807) is 24.3 Å². The molecule has 1 amide bonds. The lowest BCUT2D eigenvalue weighted by atomic mass is 10.1. The van der Waals surface area contributed by atoms with Gasteiger partial charge >= 0.3 is 0 Å². The van der Waals surface area contributed by atoms with E-state index in [0.717, 1.165) is 37.2 Å². The number of rotatable bonds is 3. The number of hydrogen-bond donors (Lipinski definition) is 1. The molecule has 1 N–H and O–H groups in total. The summed E-state index contributed by atoms with van der Waals surface area (Å²) in [6, 6.07) is 13.0. The molecule has 0 aromatic heterocycles. The van der Waals surface area contributed by atoms with Gasteiger partial charge in [0.1, 0.15) is 5.75 Å². The quantitative estimate of drug-likeness (QED) is 0.797. The van der Waals surface area contributed by atoms with E-state index in [4.69, 9.17) is 17.0 Å². The third-order valence-corrected chi connectivity index (χ3v) is 5.04. The largest absolute Gasteiger partial charge is 0.432 e. The zero-order chi connectivity index (χ0) is 18.5. The zero-order valence-electron chi connectivity index (χ0n) is 15.2. The van der Waals surface area contributed by atoms with Crippen molar-refractivity contribution in [3.8, 4) is 5.75 Å². The summed E-state index contributed by atoms with van der Waals surface area (Å²) in [5, 5.41) is 3.44. The molecule has 0 radical (unpaired) electrons. The number of aryl methyl sites for hydroxylation is 2. The minimum atomic E-state index is -0.140. The number of thiocarbonyl (C=S) groups is 1. The fraction of sp³-hybridized carbons (Fsp3) is 0.333. The Hall–Kier alpha value is -2.40. The van der Waals surface area contributed by atoms with Gasteiger partial charge in [-0.3, -0.25) is 4.79 Å². The van der Waals surface area contributed by atoms with Crippen LogP contribution >= 0.6 is 12.2 Å². The van der Waals surface area contributed by atoms with E-state index in [-0.39, 0.29) is 5.91 Å². The summed E-state index contributed by atoms with van der Waals surface area (Å²) >= 11 is 5.37. The van der Waals surface area contributed by atoms with Crippen molar-refractivity contribution in [2.24, 2.45) is 0 Å². The number of amides is 1. The molecule has 1 saturated heterocycles. The first-order valence-corrected chi connectivity index (χ1v) is 9.39. The van der Waals surface area contributed by atoms with E-state index in [1.165, 1.54) is 12.0 Å². The van der Waals surface area contributed by atoms with Crippen LogP contribution in [0.2, 0.25) is 0 Å². The van der Waals surface area contributed by atoms with Gasteiger partial charge in [0.15, 0.2) is 0 Å². The first kappa shape index (κ1) is 18.4. The highest BCUT2D eigenvalue weighted by molar-refractivity contribution is 7.80. The van der Waals surface area contributed by atoms with Crippen LogP contribution in [-0.4, -0.2) is 29.1 Å². The highest BCUT2D eigenvalue weighted by atomic mass is 32.1. The second-order valence-corrected chi connectivity index (χ2v) is 7.04. The summed E-state index contributed by atoms with van der Waals surface area (Å²) in [7, 11) is 0. The van der Waals surface area contributed by atoms with Crippen molar-refractivity contribution in [3.05, 3.63) is 59.2 Å². The maximum Gasteiger partial charge on any atom is 0.264 e. The predicted octanol–water partition coefficient (Wildman–Crippen LogP) is 4.71. The van der Waals surface area contributed by atoms with Crippen molar-refractivity contribution in [2.45, 2.75) is 33.1 Å². The lowest BCUT2D eigenvalue weighted by molar-refractivity contribution is 0.102. The Morgan fingerprint density at radius 1 is 1.00 bits per heavy atom. The zero-order valence-corrected chi connectivity index (χ0v) is 16.1. The van der Waals surface area contributed by atoms with Crippen LogP contribution in [0, 0.1) is 13.8 Å². The number of anilines is 1. The molecular weight excluding hydrogens is 344 g/mol. The number of ether oxygens (including phenoxy) is 1. The van der Waals surface area contributed by atoms with Crippen molar-refractivity contribution >= 4 is 29.0 Å². The molecule has 1 heterocycles. The number of carbonyl (C=O) groups excluding carboxylic acids is 1. The Labute approximate surface area is 160 Å². The first-order valence-electron chi connectivity index (χ1n) is 8.98. The third kappa shape index (κ3) is 4.61. The molecule has 0 bridgehead atoms. The molecule has 0 aliphatic carbocycles. The van der Waals surface area contributed by atoms with Crippen molar-refractivity contribution < 1.29 is 9.53 Å². The van der Waals surface area contributed by atoms with Crippen LogP contribution < -0.4 is 10.1 Å². The molecule has 2 aromatic carbocycles. The Morgan fingerprint density at radius 2 is 1.69 bits per heavy atom. The maximum absolute atomic E-state index is 12.4. The van der Waals surface area contributed by atoms with Crippen molar-refractivity contribution in [3.63, 3.8) is 0 Å². The lowest BCUT2D eigenvalue weighted by Gasteiger charge is -2.28. The standard InChI is InChI=1S/C21H24N2O2S/c1-15-6-9-18(14-16(15)2)22-20(24)17-7-10-19(11-8-17)25-21(26)23-12-4-3-5-13-23/h6-11,14H,3-5,12-13H2,1-2H3,(H,22,24). The Morgan fingerprint density at radius 3 is 2.35 bits per heavy atom. The van der Waals surface area contributed by atoms with Crippen LogP contribution in [0.15, 0.2) is 42.5 Å². The van der Waals surface area contributed by atoms with Gasteiger partial charge in [0, 0.05) is 24.3 Å². The van der Waals surface area contributed by atoms with Crippen molar-refractivity contribution in [1.29, 1.82) is 0 Å². The highest BCUT2D eigenvalue weighted by Gasteiger charge is 2.15. The average Bonchev–Trinajstić information content (AvgIpc) is 2.66. The Kier molecular flexibility index (Phi) is 5.89. The SMILES string of the molecule is Cc1ccc(NC(=O)c2ccc(OC(=S)N3CCCCC3)cc2)cc1C. The van der Waals surface area contributed by atoms with Crippen LogP contribution in [0.5, 0.6) is 5.75 Å². The number of likely N-dealkylation sites (tertiary alicyclic amines) is 1. The van der Waals surface area contributed by atoms with E-state index in [1.807, 2.05) is 32.0 Å². The van der Waals surface area contributed by atoms with E-state index >= 15 is 0 Å². The first-order chi connectivity index (χ1) is 12.5. The molecule has 1 aliphatic heterocycles. The van der Waals surface area contributed by atoms with E-state index in [0.29, 0.717) is 16.5 Å². The van der Waals surface area contributed by atoms with E-state index < -0.39 is 0 Å².